The van der Waals surface area contributed by atoms with E-state index >= 15 is 0 Å². The van der Waals surface area contributed by atoms with Crippen molar-refractivity contribution >= 4 is 11.5 Å². The zero-order valence-corrected chi connectivity index (χ0v) is 12.1. The second-order valence-corrected chi connectivity index (χ2v) is 5.80. The van der Waals surface area contributed by atoms with Crippen LogP contribution in [0.25, 0.3) is 0 Å². The molecule has 0 radical (unpaired) electrons. The largest absolute Gasteiger partial charge is 0.409 e. The third-order valence-electron chi connectivity index (χ3n) is 3.57. The lowest BCUT2D eigenvalue weighted by Crippen LogP contribution is -2.39. The molecule has 0 bridgehead atoms. The summed E-state index contributed by atoms with van der Waals surface area (Å²) in [7, 11) is 1.86. The van der Waals surface area contributed by atoms with Gasteiger partial charge in [0.25, 0.3) is 0 Å². The summed E-state index contributed by atoms with van der Waals surface area (Å²) in [6.07, 6.45) is 0. The highest BCUT2D eigenvalue weighted by Gasteiger charge is 2.25. The van der Waals surface area contributed by atoms with E-state index in [2.05, 4.69) is 32.9 Å². The molecule has 0 aromatic heterocycles. The van der Waals surface area contributed by atoms with Gasteiger partial charge in [-0.3, -0.25) is 0 Å². The van der Waals surface area contributed by atoms with Crippen molar-refractivity contribution in [3.05, 3.63) is 29.6 Å². The Bertz CT molecular complexity index is 480. The van der Waals surface area contributed by atoms with Gasteiger partial charge in [-0.2, -0.15) is 0 Å². The van der Waals surface area contributed by atoms with E-state index in [0.717, 1.165) is 0 Å². The van der Waals surface area contributed by atoms with Gasteiger partial charge in [0.05, 0.1) is 5.69 Å². The van der Waals surface area contributed by atoms with Crippen molar-refractivity contribution in [2.24, 2.45) is 16.3 Å². The first-order valence-corrected chi connectivity index (χ1v) is 6.18. The van der Waals surface area contributed by atoms with E-state index in [9.17, 15) is 4.39 Å². The summed E-state index contributed by atoms with van der Waals surface area (Å²) in [5.41, 5.74) is 6.33. The number of amidine groups is 1. The Morgan fingerprint density at radius 3 is 2.42 bits per heavy atom. The molecule has 1 rings (SSSR count). The van der Waals surface area contributed by atoms with Crippen molar-refractivity contribution in [2.45, 2.75) is 33.7 Å². The molecule has 1 aromatic rings. The highest BCUT2D eigenvalue weighted by molar-refractivity contribution is 5.97. The summed E-state index contributed by atoms with van der Waals surface area (Å²) in [6, 6.07) is 4.72. The van der Waals surface area contributed by atoms with Crippen molar-refractivity contribution < 1.29 is 9.60 Å². The van der Waals surface area contributed by atoms with Crippen LogP contribution in [0.5, 0.6) is 0 Å². The molecule has 19 heavy (non-hydrogen) atoms. The quantitative estimate of drug-likeness (QED) is 0.383. The molecule has 1 atom stereocenters. The van der Waals surface area contributed by atoms with Gasteiger partial charge in [0, 0.05) is 18.7 Å². The van der Waals surface area contributed by atoms with E-state index in [1.165, 1.54) is 6.07 Å². The van der Waals surface area contributed by atoms with E-state index < -0.39 is 0 Å². The Balaban J connectivity index is 3.10. The molecule has 0 saturated heterocycles. The van der Waals surface area contributed by atoms with Gasteiger partial charge in [-0.1, -0.05) is 25.9 Å². The molecule has 5 heteroatoms. The molecular weight excluding hydrogens is 245 g/mol. The SMILES string of the molecule is CC(N(C)c1ccc(C(N)=NO)cc1F)C(C)(C)C. The molecule has 0 spiro atoms. The molecule has 0 fully saturated rings. The predicted molar refractivity (Wildman–Crippen MR) is 76.2 cm³/mol. The molecule has 3 N–H and O–H groups in total. The van der Waals surface area contributed by atoms with Crippen LogP contribution in [0.3, 0.4) is 0 Å². The first-order valence-electron chi connectivity index (χ1n) is 6.18. The van der Waals surface area contributed by atoms with Gasteiger partial charge in [-0.15, -0.1) is 0 Å². The summed E-state index contributed by atoms with van der Waals surface area (Å²) in [5.74, 6) is -0.486. The van der Waals surface area contributed by atoms with E-state index in [1.807, 2.05) is 11.9 Å². The van der Waals surface area contributed by atoms with Crippen LogP contribution >= 0.6 is 0 Å². The molecule has 0 aliphatic rings. The van der Waals surface area contributed by atoms with Gasteiger partial charge in [0.15, 0.2) is 5.84 Å². The molecule has 0 heterocycles. The fourth-order valence-corrected chi connectivity index (χ4v) is 1.80. The fraction of sp³-hybridized carbons (Fsp3) is 0.500. The average Bonchev–Trinajstić information content (AvgIpc) is 2.34. The van der Waals surface area contributed by atoms with Gasteiger partial charge in [-0.05, 0) is 30.5 Å². The highest BCUT2D eigenvalue weighted by atomic mass is 19.1. The maximum Gasteiger partial charge on any atom is 0.170 e. The van der Waals surface area contributed by atoms with Gasteiger partial charge in [0.2, 0.25) is 0 Å². The summed E-state index contributed by atoms with van der Waals surface area (Å²) in [5, 5.41) is 11.4. The van der Waals surface area contributed by atoms with Crippen LogP contribution in [0, 0.1) is 11.2 Å². The van der Waals surface area contributed by atoms with Crippen LogP contribution in [0.2, 0.25) is 0 Å². The minimum atomic E-state index is -0.386. The Labute approximate surface area is 113 Å². The number of nitrogens with zero attached hydrogens (tertiary/aromatic N) is 2. The number of hydrogen-bond donors (Lipinski definition) is 2. The molecule has 0 aliphatic heterocycles. The number of hydrogen-bond acceptors (Lipinski definition) is 3. The third kappa shape index (κ3) is 3.36. The summed E-state index contributed by atoms with van der Waals surface area (Å²) in [6.45, 7) is 8.38. The van der Waals surface area contributed by atoms with Crippen LogP contribution in [0.1, 0.15) is 33.3 Å². The average molecular weight is 267 g/mol. The molecule has 1 unspecified atom stereocenters. The fourth-order valence-electron chi connectivity index (χ4n) is 1.80. The number of anilines is 1. The van der Waals surface area contributed by atoms with E-state index in [4.69, 9.17) is 10.9 Å². The Kier molecular flexibility index (Phi) is 4.39. The monoisotopic (exact) mass is 267 g/mol. The van der Waals surface area contributed by atoms with Crippen LogP contribution in [0.15, 0.2) is 23.4 Å². The lowest BCUT2D eigenvalue weighted by molar-refractivity contribution is 0.318. The van der Waals surface area contributed by atoms with E-state index in [-0.39, 0.29) is 23.1 Å². The first-order chi connectivity index (χ1) is 8.68. The molecular formula is C14H22FN3O. The van der Waals surface area contributed by atoms with Crippen molar-refractivity contribution in [1.29, 1.82) is 0 Å². The van der Waals surface area contributed by atoms with Crippen LogP contribution in [-0.4, -0.2) is 24.1 Å². The summed E-state index contributed by atoms with van der Waals surface area (Å²) >= 11 is 0. The maximum absolute atomic E-state index is 14.1. The van der Waals surface area contributed by atoms with Gasteiger partial charge in [-0.25, -0.2) is 4.39 Å². The lowest BCUT2D eigenvalue weighted by atomic mass is 9.87. The van der Waals surface area contributed by atoms with E-state index in [0.29, 0.717) is 11.3 Å². The zero-order chi connectivity index (χ0) is 14.8. The van der Waals surface area contributed by atoms with Crippen molar-refractivity contribution in [3.8, 4) is 0 Å². The molecule has 0 amide bonds. The lowest BCUT2D eigenvalue weighted by Gasteiger charge is -2.37. The predicted octanol–water partition coefficient (Wildman–Crippen LogP) is 2.79. The van der Waals surface area contributed by atoms with E-state index in [1.54, 1.807) is 12.1 Å². The number of benzene rings is 1. The molecule has 0 saturated carbocycles. The molecule has 4 nitrogen and oxygen atoms in total. The topological polar surface area (TPSA) is 61.8 Å². The number of halogens is 1. The minimum absolute atomic E-state index is 0.0332. The zero-order valence-electron chi connectivity index (χ0n) is 12.1. The molecule has 106 valence electrons. The standard InChI is InChI=1S/C14H22FN3O/c1-9(14(2,3)4)18(5)12-7-6-10(8-11(12)15)13(16)17-19/h6-9,19H,1-5H3,(H2,16,17). The van der Waals surface area contributed by atoms with Crippen LogP contribution in [-0.2, 0) is 0 Å². The summed E-state index contributed by atoms with van der Waals surface area (Å²) in [4.78, 5) is 1.89. The number of nitrogens with two attached hydrogens (primary N) is 1. The normalized spacial score (nSPS) is 14.3. The number of rotatable bonds is 3. The Morgan fingerprint density at radius 1 is 1.42 bits per heavy atom. The van der Waals surface area contributed by atoms with Crippen molar-refractivity contribution in [3.63, 3.8) is 0 Å². The second-order valence-electron chi connectivity index (χ2n) is 5.80. The second kappa shape index (κ2) is 5.47. The Morgan fingerprint density at radius 2 is 2.00 bits per heavy atom. The van der Waals surface area contributed by atoms with Crippen molar-refractivity contribution in [2.75, 3.05) is 11.9 Å². The first kappa shape index (κ1) is 15.3. The maximum atomic E-state index is 14.1. The Hall–Kier alpha value is -1.78. The highest BCUT2D eigenvalue weighted by Crippen LogP contribution is 2.29. The molecule has 0 aliphatic carbocycles. The summed E-state index contributed by atoms with van der Waals surface area (Å²) < 4.78 is 14.1. The number of oxime groups is 1. The molecule has 1 aromatic carbocycles. The third-order valence-corrected chi connectivity index (χ3v) is 3.57. The van der Waals surface area contributed by atoms with Crippen LogP contribution in [0.4, 0.5) is 10.1 Å². The van der Waals surface area contributed by atoms with Gasteiger partial charge in [0.1, 0.15) is 5.82 Å². The smallest absolute Gasteiger partial charge is 0.170 e. The van der Waals surface area contributed by atoms with Crippen LogP contribution < -0.4 is 10.6 Å². The minimum Gasteiger partial charge on any atom is -0.409 e. The van der Waals surface area contributed by atoms with Gasteiger partial charge < -0.3 is 15.8 Å². The van der Waals surface area contributed by atoms with Gasteiger partial charge >= 0.3 is 0 Å². The van der Waals surface area contributed by atoms with Crippen molar-refractivity contribution in [1.82, 2.24) is 0 Å².